The van der Waals surface area contributed by atoms with Gasteiger partial charge in [0.05, 0.1) is 6.10 Å². The fourth-order valence-corrected chi connectivity index (χ4v) is 1.57. The van der Waals surface area contributed by atoms with Crippen LogP contribution in [0.5, 0.6) is 0 Å². The van der Waals surface area contributed by atoms with Gasteiger partial charge in [-0.3, -0.25) is 4.79 Å². The summed E-state index contributed by atoms with van der Waals surface area (Å²) >= 11 is 0. The molecule has 68 valence electrons. The zero-order valence-electron chi connectivity index (χ0n) is 7.87. The van der Waals surface area contributed by atoms with Crippen LogP contribution in [0, 0.1) is 11.8 Å². The molecular weight excluding hydrogens is 152 g/mol. The van der Waals surface area contributed by atoms with E-state index in [1.807, 2.05) is 13.8 Å². The third-order valence-electron chi connectivity index (χ3n) is 2.54. The number of ketones is 1. The summed E-state index contributed by atoms with van der Waals surface area (Å²) in [5.41, 5.74) is 0.803. The second-order valence-electron chi connectivity index (χ2n) is 3.89. The second-order valence-corrected chi connectivity index (χ2v) is 3.89. The summed E-state index contributed by atoms with van der Waals surface area (Å²) in [4.78, 5) is 11.4. The van der Waals surface area contributed by atoms with E-state index in [9.17, 15) is 9.90 Å². The fourth-order valence-electron chi connectivity index (χ4n) is 1.57. The van der Waals surface area contributed by atoms with Crippen LogP contribution in [0.2, 0.25) is 0 Å². The van der Waals surface area contributed by atoms with E-state index in [0.29, 0.717) is 12.3 Å². The minimum Gasteiger partial charge on any atom is -0.389 e. The lowest BCUT2D eigenvalue weighted by atomic mass is 9.80. The van der Waals surface area contributed by atoms with E-state index >= 15 is 0 Å². The molecule has 1 aliphatic carbocycles. The molecule has 0 saturated carbocycles. The van der Waals surface area contributed by atoms with Crippen molar-refractivity contribution in [3.05, 3.63) is 11.6 Å². The van der Waals surface area contributed by atoms with Gasteiger partial charge >= 0.3 is 0 Å². The molecule has 1 rings (SSSR count). The first-order chi connectivity index (χ1) is 5.52. The van der Waals surface area contributed by atoms with Gasteiger partial charge in [-0.1, -0.05) is 13.8 Å². The van der Waals surface area contributed by atoms with Crippen LogP contribution in [0.25, 0.3) is 0 Å². The number of rotatable bonds is 1. The van der Waals surface area contributed by atoms with Crippen LogP contribution in [0.1, 0.15) is 27.2 Å². The maximum atomic E-state index is 11.4. The topological polar surface area (TPSA) is 37.3 Å². The normalized spacial score (nSPS) is 30.8. The molecule has 0 heterocycles. The molecule has 12 heavy (non-hydrogen) atoms. The average Bonchev–Trinajstić information content (AvgIpc) is 1.96. The maximum Gasteiger partial charge on any atom is 0.159 e. The standard InChI is InChI=1S/C10H16O2/c1-6(2)8-5-9(11)7(3)4-10(8)12/h4,6,8-9,11H,5H2,1-3H3/t8-,9-/m0/s1. The molecule has 0 aliphatic heterocycles. The van der Waals surface area contributed by atoms with Gasteiger partial charge in [-0.25, -0.2) is 0 Å². The van der Waals surface area contributed by atoms with Crippen LogP contribution in [0.4, 0.5) is 0 Å². The summed E-state index contributed by atoms with van der Waals surface area (Å²) in [5, 5.41) is 9.49. The molecule has 0 aromatic carbocycles. The third-order valence-corrected chi connectivity index (χ3v) is 2.54. The highest BCUT2D eigenvalue weighted by molar-refractivity contribution is 5.93. The van der Waals surface area contributed by atoms with Crippen molar-refractivity contribution < 1.29 is 9.90 Å². The van der Waals surface area contributed by atoms with Gasteiger partial charge in [-0.2, -0.15) is 0 Å². The van der Waals surface area contributed by atoms with Crippen molar-refractivity contribution in [1.29, 1.82) is 0 Å². The highest BCUT2D eigenvalue weighted by atomic mass is 16.3. The largest absolute Gasteiger partial charge is 0.389 e. The molecule has 2 atom stereocenters. The number of carbonyl (C=O) groups excluding carboxylic acids is 1. The van der Waals surface area contributed by atoms with E-state index in [-0.39, 0.29) is 11.7 Å². The van der Waals surface area contributed by atoms with Crippen molar-refractivity contribution in [2.45, 2.75) is 33.3 Å². The van der Waals surface area contributed by atoms with E-state index in [1.165, 1.54) is 0 Å². The van der Waals surface area contributed by atoms with Crippen molar-refractivity contribution in [3.8, 4) is 0 Å². The summed E-state index contributed by atoms with van der Waals surface area (Å²) < 4.78 is 0. The van der Waals surface area contributed by atoms with E-state index < -0.39 is 6.10 Å². The van der Waals surface area contributed by atoms with Gasteiger partial charge in [0.15, 0.2) is 5.78 Å². The monoisotopic (exact) mass is 168 g/mol. The molecule has 0 aromatic heterocycles. The van der Waals surface area contributed by atoms with Crippen molar-refractivity contribution >= 4 is 5.78 Å². The first kappa shape index (κ1) is 9.46. The Morgan fingerprint density at radius 1 is 1.58 bits per heavy atom. The minimum absolute atomic E-state index is 0.0173. The Labute approximate surface area is 73.3 Å². The van der Waals surface area contributed by atoms with Gasteiger partial charge in [0, 0.05) is 5.92 Å². The number of aliphatic hydroxyl groups excluding tert-OH is 1. The molecule has 0 unspecified atom stereocenters. The first-order valence-electron chi connectivity index (χ1n) is 4.42. The van der Waals surface area contributed by atoms with Crippen LogP contribution in [-0.2, 0) is 4.79 Å². The van der Waals surface area contributed by atoms with Crippen LogP contribution in [-0.4, -0.2) is 17.0 Å². The molecule has 0 bridgehead atoms. The Morgan fingerprint density at radius 3 is 2.67 bits per heavy atom. The van der Waals surface area contributed by atoms with Crippen molar-refractivity contribution in [3.63, 3.8) is 0 Å². The van der Waals surface area contributed by atoms with Crippen LogP contribution >= 0.6 is 0 Å². The second kappa shape index (κ2) is 3.40. The van der Waals surface area contributed by atoms with E-state index in [1.54, 1.807) is 13.0 Å². The average molecular weight is 168 g/mol. The lowest BCUT2D eigenvalue weighted by Crippen LogP contribution is -2.29. The summed E-state index contributed by atoms with van der Waals surface area (Å²) in [6.45, 7) is 5.84. The Balaban J connectivity index is 2.79. The Kier molecular flexibility index (Phi) is 2.68. The fraction of sp³-hybridized carbons (Fsp3) is 0.700. The molecule has 0 aromatic rings. The van der Waals surface area contributed by atoms with Crippen LogP contribution < -0.4 is 0 Å². The number of hydrogen-bond donors (Lipinski definition) is 1. The van der Waals surface area contributed by atoms with Gasteiger partial charge < -0.3 is 5.11 Å². The maximum absolute atomic E-state index is 11.4. The Bertz CT molecular complexity index is 216. The van der Waals surface area contributed by atoms with Gasteiger partial charge in [0.2, 0.25) is 0 Å². The summed E-state index contributed by atoms with van der Waals surface area (Å²) in [6, 6.07) is 0. The molecule has 1 N–H and O–H groups in total. The number of allylic oxidation sites excluding steroid dienone is 1. The van der Waals surface area contributed by atoms with Crippen molar-refractivity contribution in [2.24, 2.45) is 11.8 Å². The van der Waals surface area contributed by atoms with Gasteiger partial charge in [0.25, 0.3) is 0 Å². The highest BCUT2D eigenvalue weighted by Gasteiger charge is 2.28. The lowest BCUT2D eigenvalue weighted by Gasteiger charge is -2.26. The summed E-state index contributed by atoms with van der Waals surface area (Å²) in [5.74, 6) is 0.521. The van der Waals surface area contributed by atoms with Gasteiger partial charge in [-0.15, -0.1) is 0 Å². The SMILES string of the molecule is CC1=CC(=O)[C@H](C(C)C)C[C@@H]1O. The zero-order chi connectivity index (χ0) is 9.30. The molecule has 2 heteroatoms. The Hall–Kier alpha value is -0.630. The third kappa shape index (κ3) is 1.75. The molecule has 0 amide bonds. The summed E-state index contributed by atoms with van der Waals surface area (Å²) in [7, 11) is 0. The molecular formula is C10H16O2. The number of carbonyl (C=O) groups is 1. The Morgan fingerprint density at radius 2 is 2.17 bits per heavy atom. The molecule has 0 radical (unpaired) electrons. The van der Waals surface area contributed by atoms with E-state index in [2.05, 4.69) is 0 Å². The lowest BCUT2D eigenvalue weighted by molar-refractivity contribution is -0.121. The van der Waals surface area contributed by atoms with E-state index in [0.717, 1.165) is 5.57 Å². The van der Waals surface area contributed by atoms with Crippen LogP contribution in [0.3, 0.4) is 0 Å². The van der Waals surface area contributed by atoms with Crippen molar-refractivity contribution in [1.82, 2.24) is 0 Å². The van der Waals surface area contributed by atoms with Gasteiger partial charge in [0.1, 0.15) is 0 Å². The number of aliphatic hydroxyl groups is 1. The molecule has 0 spiro atoms. The van der Waals surface area contributed by atoms with Crippen molar-refractivity contribution in [2.75, 3.05) is 0 Å². The molecule has 0 fully saturated rings. The zero-order valence-corrected chi connectivity index (χ0v) is 7.87. The predicted octanol–water partition coefficient (Wildman–Crippen LogP) is 1.54. The first-order valence-corrected chi connectivity index (χ1v) is 4.42. The smallest absolute Gasteiger partial charge is 0.159 e. The quantitative estimate of drug-likeness (QED) is 0.644. The van der Waals surface area contributed by atoms with E-state index in [4.69, 9.17) is 0 Å². The number of hydrogen-bond acceptors (Lipinski definition) is 2. The van der Waals surface area contributed by atoms with Crippen LogP contribution in [0.15, 0.2) is 11.6 Å². The minimum atomic E-state index is -0.407. The molecule has 2 nitrogen and oxygen atoms in total. The molecule has 1 aliphatic rings. The molecule has 0 saturated heterocycles. The predicted molar refractivity (Wildman–Crippen MR) is 47.7 cm³/mol. The summed E-state index contributed by atoms with van der Waals surface area (Å²) in [6.07, 6.45) is 1.77. The highest BCUT2D eigenvalue weighted by Crippen LogP contribution is 2.26. The van der Waals surface area contributed by atoms with Gasteiger partial charge in [-0.05, 0) is 30.9 Å².